The molecular weight excluding hydrogens is 546 g/mol. The van der Waals surface area contributed by atoms with Crippen LogP contribution in [0.25, 0.3) is 10.9 Å². The van der Waals surface area contributed by atoms with Crippen molar-refractivity contribution in [1.82, 2.24) is 9.88 Å². The molecule has 2 heterocycles. The summed E-state index contributed by atoms with van der Waals surface area (Å²) >= 11 is 16.5. The second kappa shape index (κ2) is 8.73. The molecule has 4 aromatic rings. The fourth-order valence-electron chi connectivity index (χ4n) is 4.41. The molecule has 0 fully saturated rings. The Morgan fingerprint density at radius 2 is 1.79 bits per heavy atom. The molecular formula is C25H16BrCl2FN2O3. The number of H-pyrrole nitrogens is 1. The molecule has 1 aliphatic heterocycles. The van der Waals surface area contributed by atoms with Gasteiger partial charge in [0.1, 0.15) is 11.6 Å². The number of nitrogens with zero attached hydrogens (tertiary/aromatic N) is 1. The Bertz CT molecular complexity index is 1520. The van der Waals surface area contributed by atoms with Crippen LogP contribution in [0.3, 0.4) is 0 Å². The third-order valence-corrected chi connectivity index (χ3v) is 7.19. The highest BCUT2D eigenvalue weighted by molar-refractivity contribution is 9.10. The van der Waals surface area contributed by atoms with Gasteiger partial charge in [-0.1, -0.05) is 51.3 Å². The molecule has 0 bridgehead atoms. The Kier molecular flexibility index (Phi) is 5.88. The summed E-state index contributed by atoms with van der Waals surface area (Å²) in [4.78, 5) is 30.3. The zero-order valence-electron chi connectivity index (χ0n) is 17.7. The second-order valence-corrected chi connectivity index (χ2v) is 9.57. The summed E-state index contributed by atoms with van der Waals surface area (Å²) in [7, 11) is 1.58. The van der Waals surface area contributed by atoms with Gasteiger partial charge in [-0.05, 0) is 42.0 Å². The summed E-state index contributed by atoms with van der Waals surface area (Å²) in [5, 5.41) is 0.914. The first-order valence-corrected chi connectivity index (χ1v) is 11.8. The molecule has 172 valence electrons. The molecule has 1 N–H and O–H groups in total. The van der Waals surface area contributed by atoms with E-state index < -0.39 is 11.9 Å². The monoisotopic (exact) mass is 560 g/mol. The lowest BCUT2D eigenvalue weighted by molar-refractivity contribution is 0.0737. The molecule has 1 unspecified atom stereocenters. The number of methoxy groups -OCH3 is 1. The number of hydrogen-bond donors (Lipinski definition) is 1. The number of aromatic amines is 1. The van der Waals surface area contributed by atoms with Gasteiger partial charge >= 0.3 is 0 Å². The third-order valence-electron chi connectivity index (χ3n) is 5.90. The van der Waals surface area contributed by atoms with Crippen LogP contribution in [0, 0.1) is 5.82 Å². The van der Waals surface area contributed by atoms with Crippen LogP contribution in [0.4, 0.5) is 4.39 Å². The molecule has 1 aromatic heterocycles. The van der Waals surface area contributed by atoms with Crippen LogP contribution in [0.2, 0.25) is 10.0 Å². The van der Waals surface area contributed by atoms with Crippen molar-refractivity contribution in [3.8, 4) is 5.75 Å². The molecule has 34 heavy (non-hydrogen) atoms. The van der Waals surface area contributed by atoms with Crippen molar-refractivity contribution in [3.63, 3.8) is 0 Å². The van der Waals surface area contributed by atoms with Crippen molar-refractivity contribution in [2.24, 2.45) is 0 Å². The van der Waals surface area contributed by atoms with Crippen LogP contribution < -0.4 is 10.3 Å². The first-order chi connectivity index (χ1) is 16.3. The van der Waals surface area contributed by atoms with Crippen LogP contribution in [-0.2, 0) is 6.54 Å². The van der Waals surface area contributed by atoms with Gasteiger partial charge in [-0.15, -0.1) is 0 Å². The Hall–Kier alpha value is -2.87. The van der Waals surface area contributed by atoms with Gasteiger partial charge in [0.05, 0.1) is 29.3 Å². The predicted molar refractivity (Wildman–Crippen MR) is 133 cm³/mol. The molecule has 1 aliphatic rings. The van der Waals surface area contributed by atoms with Crippen LogP contribution >= 0.6 is 39.1 Å². The number of hydrogen-bond acceptors (Lipinski definition) is 3. The average Bonchev–Trinajstić information content (AvgIpc) is 3.08. The van der Waals surface area contributed by atoms with Crippen molar-refractivity contribution < 1.29 is 13.9 Å². The van der Waals surface area contributed by atoms with Crippen LogP contribution in [0.15, 0.2) is 63.9 Å². The van der Waals surface area contributed by atoms with Crippen molar-refractivity contribution in [2.45, 2.75) is 12.6 Å². The molecule has 0 saturated heterocycles. The van der Waals surface area contributed by atoms with E-state index >= 15 is 0 Å². The number of benzene rings is 3. The quantitative estimate of drug-likeness (QED) is 0.310. The highest BCUT2D eigenvalue weighted by atomic mass is 79.9. The van der Waals surface area contributed by atoms with Crippen molar-refractivity contribution in [2.75, 3.05) is 7.11 Å². The number of fused-ring (bicyclic) bond motifs is 3. The molecule has 0 aliphatic carbocycles. The number of amides is 1. The molecule has 5 rings (SSSR count). The minimum atomic E-state index is -0.686. The predicted octanol–water partition coefficient (Wildman–Crippen LogP) is 6.49. The maximum absolute atomic E-state index is 14.3. The topological polar surface area (TPSA) is 62.4 Å². The Morgan fingerprint density at radius 3 is 2.50 bits per heavy atom. The van der Waals surface area contributed by atoms with Gasteiger partial charge in [0.15, 0.2) is 0 Å². The number of carbonyl (C=O) groups excluding carboxylic acids is 1. The number of ether oxygens (including phenoxy) is 1. The van der Waals surface area contributed by atoms with E-state index in [1.54, 1.807) is 30.2 Å². The minimum Gasteiger partial charge on any atom is -0.497 e. The lowest BCUT2D eigenvalue weighted by Gasteiger charge is -2.27. The molecule has 9 heteroatoms. The highest BCUT2D eigenvalue weighted by Crippen LogP contribution is 2.48. The van der Waals surface area contributed by atoms with Gasteiger partial charge in [0.25, 0.3) is 5.91 Å². The van der Waals surface area contributed by atoms with Crippen LogP contribution in [0.1, 0.15) is 33.1 Å². The van der Waals surface area contributed by atoms with E-state index in [0.717, 1.165) is 5.56 Å². The molecule has 0 radical (unpaired) electrons. The van der Waals surface area contributed by atoms with Crippen molar-refractivity contribution in [3.05, 3.63) is 108 Å². The highest BCUT2D eigenvalue weighted by Gasteiger charge is 2.42. The summed E-state index contributed by atoms with van der Waals surface area (Å²) in [5.74, 6) is -0.0886. The Morgan fingerprint density at radius 1 is 1.06 bits per heavy atom. The van der Waals surface area contributed by atoms with Gasteiger partial charge in [-0.2, -0.15) is 0 Å². The van der Waals surface area contributed by atoms with E-state index in [-0.39, 0.29) is 23.0 Å². The molecule has 1 atom stereocenters. The van der Waals surface area contributed by atoms with E-state index in [1.165, 1.54) is 24.3 Å². The van der Waals surface area contributed by atoms with Crippen LogP contribution in [0.5, 0.6) is 5.75 Å². The summed E-state index contributed by atoms with van der Waals surface area (Å²) in [6, 6.07) is 13.7. The number of aromatic nitrogens is 1. The maximum Gasteiger partial charge on any atom is 0.256 e. The van der Waals surface area contributed by atoms with Crippen LogP contribution in [-0.4, -0.2) is 22.9 Å². The number of halogens is 4. The number of pyridine rings is 1. The summed E-state index contributed by atoms with van der Waals surface area (Å²) in [6.07, 6.45) is 0. The lowest BCUT2D eigenvalue weighted by atomic mass is 9.95. The third kappa shape index (κ3) is 3.78. The molecule has 0 saturated carbocycles. The molecule has 3 aromatic carbocycles. The SMILES string of the molecule is COc1ccc(CN2C(=O)c3c(c(Br)cc4[nH]c(=O)cc(Cl)c34)C2c2cc(F)ccc2Cl)cc1. The molecule has 5 nitrogen and oxygen atoms in total. The Balaban J connectivity index is 1.76. The molecule has 0 spiro atoms. The van der Waals surface area contributed by atoms with Crippen molar-refractivity contribution >= 4 is 55.9 Å². The zero-order chi connectivity index (χ0) is 24.1. The normalized spacial score (nSPS) is 15.1. The number of carbonyl (C=O) groups is 1. The first-order valence-electron chi connectivity index (χ1n) is 10.2. The van der Waals surface area contributed by atoms with Gasteiger partial charge in [-0.3, -0.25) is 9.59 Å². The Labute approximate surface area is 212 Å². The largest absolute Gasteiger partial charge is 0.497 e. The second-order valence-electron chi connectivity index (χ2n) is 7.90. The van der Waals surface area contributed by atoms with E-state index in [0.29, 0.717) is 42.8 Å². The summed E-state index contributed by atoms with van der Waals surface area (Å²) in [6.45, 7) is 0.226. The fourth-order valence-corrected chi connectivity index (χ4v) is 5.57. The van der Waals surface area contributed by atoms with Gasteiger partial charge < -0.3 is 14.6 Å². The summed E-state index contributed by atoms with van der Waals surface area (Å²) < 4.78 is 20.1. The average molecular weight is 562 g/mol. The van der Waals surface area contributed by atoms with Gasteiger partial charge in [-0.25, -0.2) is 4.39 Å². The number of nitrogens with one attached hydrogen (secondary N) is 1. The van der Waals surface area contributed by atoms with Crippen molar-refractivity contribution in [1.29, 1.82) is 0 Å². The van der Waals surface area contributed by atoms with Gasteiger partial charge in [0.2, 0.25) is 5.56 Å². The standard InChI is InChI=1S/C25H16BrCl2FN2O3/c1-34-14-5-2-12(3-6-14)11-31-24(15-8-13(29)4-7-17(15)27)21-16(26)9-19-22(23(21)25(31)33)18(28)10-20(32)30-19/h2-10,24H,11H2,1H3,(H,30,32). The fraction of sp³-hybridized carbons (Fsp3) is 0.120. The summed E-state index contributed by atoms with van der Waals surface area (Å²) in [5.41, 5.74) is 2.28. The zero-order valence-corrected chi connectivity index (χ0v) is 20.8. The lowest BCUT2D eigenvalue weighted by Crippen LogP contribution is -2.28. The molecule has 1 amide bonds. The minimum absolute atomic E-state index is 0.159. The van der Waals surface area contributed by atoms with E-state index in [4.69, 9.17) is 27.9 Å². The van der Waals surface area contributed by atoms with E-state index in [2.05, 4.69) is 20.9 Å². The maximum atomic E-state index is 14.3. The number of rotatable bonds is 4. The van der Waals surface area contributed by atoms with E-state index in [1.807, 2.05) is 12.1 Å². The van der Waals surface area contributed by atoms with Gasteiger partial charge in [0, 0.05) is 38.6 Å². The van der Waals surface area contributed by atoms with E-state index in [9.17, 15) is 14.0 Å². The smallest absolute Gasteiger partial charge is 0.256 e. The first kappa shape index (κ1) is 22.9.